The van der Waals surface area contributed by atoms with E-state index in [2.05, 4.69) is 5.32 Å². The standard InChI is InChI=1S/C16H15F4N/c1-11(13-5-3-2-4-6-13)21-10-12-7-8-15(17)14(9-12)16(18,19)20/h2-9,11,21H,10H2,1H3/t11-/m1/s1. The van der Waals surface area contributed by atoms with Crippen molar-refractivity contribution in [3.63, 3.8) is 0 Å². The zero-order valence-electron chi connectivity index (χ0n) is 11.4. The van der Waals surface area contributed by atoms with E-state index in [4.69, 9.17) is 0 Å². The zero-order chi connectivity index (χ0) is 15.5. The molecule has 0 radical (unpaired) electrons. The van der Waals surface area contributed by atoms with Gasteiger partial charge >= 0.3 is 6.18 Å². The summed E-state index contributed by atoms with van der Waals surface area (Å²) >= 11 is 0. The maximum absolute atomic E-state index is 13.2. The Hall–Kier alpha value is -1.88. The van der Waals surface area contributed by atoms with Crippen LogP contribution in [0.2, 0.25) is 0 Å². The normalized spacial score (nSPS) is 13.2. The van der Waals surface area contributed by atoms with Crippen LogP contribution in [0.3, 0.4) is 0 Å². The molecule has 0 unspecified atom stereocenters. The summed E-state index contributed by atoms with van der Waals surface area (Å²) in [6, 6.07) is 12.6. The highest BCUT2D eigenvalue weighted by Crippen LogP contribution is 2.31. The SMILES string of the molecule is C[C@@H](NCc1ccc(F)c(C(F)(F)F)c1)c1ccccc1. The quantitative estimate of drug-likeness (QED) is 0.807. The lowest BCUT2D eigenvalue weighted by atomic mass is 10.1. The van der Waals surface area contributed by atoms with Crippen molar-refractivity contribution in [2.24, 2.45) is 0 Å². The van der Waals surface area contributed by atoms with Crippen LogP contribution in [0.4, 0.5) is 17.6 Å². The van der Waals surface area contributed by atoms with Crippen molar-refractivity contribution in [2.45, 2.75) is 25.7 Å². The number of halogens is 4. The molecule has 0 heterocycles. The molecule has 0 aliphatic carbocycles. The molecule has 0 aliphatic rings. The van der Waals surface area contributed by atoms with Crippen LogP contribution < -0.4 is 5.32 Å². The predicted octanol–water partition coefficient (Wildman–Crippen LogP) is 4.70. The summed E-state index contributed by atoms with van der Waals surface area (Å²) in [5, 5.41) is 3.12. The fourth-order valence-corrected chi connectivity index (χ4v) is 2.03. The average Bonchev–Trinajstić information content (AvgIpc) is 2.45. The molecule has 0 spiro atoms. The first-order valence-electron chi connectivity index (χ1n) is 6.52. The minimum atomic E-state index is -4.68. The highest BCUT2D eigenvalue weighted by atomic mass is 19.4. The molecule has 1 N–H and O–H groups in total. The zero-order valence-corrected chi connectivity index (χ0v) is 11.4. The van der Waals surface area contributed by atoms with Crippen LogP contribution in [0.25, 0.3) is 0 Å². The van der Waals surface area contributed by atoms with Crippen LogP contribution in [-0.4, -0.2) is 0 Å². The molecule has 2 aromatic rings. The molecule has 0 bridgehead atoms. The Morgan fingerprint density at radius 2 is 1.71 bits per heavy atom. The van der Waals surface area contributed by atoms with Crippen LogP contribution in [0.5, 0.6) is 0 Å². The topological polar surface area (TPSA) is 12.0 Å². The Morgan fingerprint density at radius 3 is 2.33 bits per heavy atom. The van der Waals surface area contributed by atoms with E-state index >= 15 is 0 Å². The Kier molecular flexibility index (Phi) is 4.63. The van der Waals surface area contributed by atoms with Gasteiger partial charge in [-0.1, -0.05) is 36.4 Å². The van der Waals surface area contributed by atoms with Crippen molar-refractivity contribution >= 4 is 0 Å². The summed E-state index contributed by atoms with van der Waals surface area (Å²) < 4.78 is 51.1. The van der Waals surface area contributed by atoms with Crippen LogP contribution in [0.1, 0.15) is 29.7 Å². The fourth-order valence-electron chi connectivity index (χ4n) is 2.03. The van der Waals surface area contributed by atoms with Crippen molar-refractivity contribution in [3.8, 4) is 0 Å². The number of hydrogen-bond acceptors (Lipinski definition) is 1. The van der Waals surface area contributed by atoms with Gasteiger partial charge in [0.1, 0.15) is 5.82 Å². The van der Waals surface area contributed by atoms with Crippen molar-refractivity contribution < 1.29 is 17.6 Å². The van der Waals surface area contributed by atoms with Gasteiger partial charge in [0.05, 0.1) is 5.56 Å². The van der Waals surface area contributed by atoms with E-state index in [1.54, 1.807) is 0 Å². The summed E-state index contributed by atoms with van der Waals surface area (Å²) in [5.41, 5.74) is 0.205. The van der Waals surface area contributed by atoms with E-state index in [9.17, 15) is 17.6 Å². The van der Waals surface area contributed by atoms with Gasteiger partial charge in [0.15, 0.2) is 0 Å². The van der Waals surface area contributed by atoms with Gasteiger partial charge in [0, 0.05) is 12.6 Å². The van der Waals surface area contributed by atoms with Crippen LogP contribution in [-0.2, 0) is 12.7 Å². The average molecular weight is 297 g/mol. The number of alkyl halides is 3. The molecular weight excluding hydrogens is 282 g/mol. The Bertz CT molecular complexity index is 593. The minimum absolute atomic E-state index is 0.00871. The summed E-state index contributed by atoms with van der Waals surface area (Å²) in [7, 11) is 0. The van der Waals surface area contributed by atoms with E-state index in [1.165, 1.54) is 6.07 Å². The van der Waals surface area contributed by atoms with Gasteiger partial charge in [0.25, 0.3) is 0 Å². The van der Waals surface area contributed by atoms with E-state index in [-0.39, 0.29) is 12.6 Å². The second kappa shape index (κ2) is 6.26. The van der Waals surface area contributed by atoms with Crippen molar-refractivity contribution in [1.82, 2.24) is 5.32 Å². The first-order chi connectivity index (χ1) is 9.88. The molecule has 0 amide bonds. The molecule has 2 rings (SSSR count). The molecule has 112 valence electrons. The van der Waals surface area contributed by atoms with Gasteiger partial charge in [-0.05, 0) is 30.2 Å². The summed E-state index contributed by atoms with van der Waals surface area (Å²) in [6.07, 6.45) is -4.68. The molecule has 1 atom stereocenters. The Labute approximate surface area is 120 Å². The third-order valence-electron chi connectivity index (χ3n) is 3.25. The molecule has 0 saturated heterocycles. The summed E-state index contributed by atoms with van der Waals surface area (Å²) in [4.78, 5) is 0. The largest absolute Gasteiger partial charge is 0.419 e. The smallest absolute Gasteiger partial charge is 0.306 e. The molecular formula is C16H15F4N. The first kappa shape index (κ1) is 15.5. The number of nitrogens with one attached hydrogen (secondary N) is 1. The van der Waals surface area contributed by atoms with Crippen LogP contribution >= 0.6 is 0 Å². The molecule has 0 fully saturated rings. The molecule has 5 heteroatoms. The molecule has 0 aliphatic heterocycles. The minimum Gasteiger partial charge on any atom is -0.306 e. The van der Waals surface area contributed by atoms with E-state index in [0.717, 1.165) is 17.7 Å². The van der Waals surface area contributed by atoms with Crippen molar-refractivity contribution in [1.29, 1.82) is 0 Å². The van der Waals surface area contributed by atoms with Gasteiger partial charge < -0.3 is 5.32 Å². The maximum atomic E-state index is 13.2. The molecule has 0 saturated carbocycles. The van der Waals surface area contributed by atoms with Gasteiger partial charge in [-0.25, -0.2) is 4.39 Å². The Balaban J connectivity index is 2.07. The van der Waals surface area contributed by atoms with Crippen LogP contribution in [0.15, 0.2) is 48.5 Å². The lowest BCUT2D eigenvalue weighted by Gasteiger charge is -2.15. The molecule has 21 heavy (non-hydrogen) atoms. The lowest BCUT2D eigenvalue weighted by Crippen LogP contribution is -2.18. The first-order valence-corrected chi connectivity index (χ1v) is 6.52. The predicted molar refractivity (Wildman–Crippen MR) is 73.1 cm³/mol. The number of rotatable bonds is 4. The second-order valence-electron chi connectivity index (χ2n) is 4.83. The molecule has 1 nitrogen and oxygen atoms in total. The number of benzene rings is 2. The highest BCUT2D eigenvalue weighted by Gasteiger charge is 2.34. The molecule has 2 aromatic carbocycles. The number of hydrogen-bond donors (Lipinski definition) is 1. The van der Waals surface area contributed by atoms with E-state index in [0.29, 0.717) is 5.56 Å². The van der Waals surface area contributed by atoms with Gasteiger partial charge in [-0.15, -0.1) is 0 Å². The van der Waals surface area contributed by atoms with Gasteiger partial charge in [-0.3, -0.25) is 0 Å². The van der Waals surface area contributed by atoms with E-state index in [1.807, 2.05) is 37.3 Å². The third-order valence-corrected chi connectivity index (χ3v) is 3.25. The van der Waals surface area contributed by atoms with Crippen LogP contribution in [0, 0.1) is 5.82 Å². The second-order valence-corrected chi connectivity index (χ2v) is 4.83. The lowest BCUT2D eigenvalue weighted by molar-refractivity contribution is -0.140. The monoisotopic (exact) mass is 297 g/mol. The fraction of sp³-hybridized carbons (Fsp3) is 0.250. The third kappa shape index (κ3) is 4.04. The van der Waals surface area contributed by atoms with Crippen molar-refractivity contribution in [2.75, 3.05) is 0 Å². The van der Waals surface area contributed by atoms with Gasteiger partial charge in [-0.2, -0.15) is 13.2 Å². The summed E-state index contributed by atoms with van der Waals surface area (Å²) in [6.45, 7) is 2.16. The van der Waals surface area contributed by atoms with E-state index < -0.39 is 17.6 Å². The van der Waals surface area contributed by atoms with Gasteiger partial charge in [0.2, 0.25) is 0 Å². The van der Waals surface area contributed by atoms with Crippen molar-refractivity contribution in [3.05, 3.63) is 71.0 Å². The maximum Gasteiger partial charge on any atom is 0.419 e. The highest BCUT2D eigenvalue weighted by molar-refractivity contribution is 5.27. The summed E-state index contributed by atoms with van der Waals surface area (Å²) in [5.74, 6) is -1.25. The molecule has 0 aromatic heterocycles. The Morgan fingerprint density at radius 1 is 1.05 bits per heavy atom.